The van der Waals surface area contributed by atoms with Crippen LogP contribution in [0.5, 0.6) is 11.5 Å². The fraction of sp³-hybridized carbons (Fsp3) is 0.133. The molecule has 0 bridgehead atoms. The number of benzene rings is 2. The highest BCUT2D eigenvalue weighted by molar-refractivity contribution is 9.10. The number of anilines is 1. The van der Waals surface area contributed by atoms with E-state index < -0.39 is 11.9 Å². The fourth-order valence-electron chi connectivity index (χ4n) is 1.76. The number of halogens is 3. The lowest BCUT2D eigenvalue weighted by Crippen LogP contribution is -2.07. The minimum Gasteiger partial charge on any atom is -0.481 e. The van der Waals surface area contributed by atoms with Crippen molar-refractivity contribution < 1.29 is 14.6 Å². The summed E-state index contributed by atoms with van der Waals surface area (Å²) < 4.78 is 6.36. The molecule has 1 unspecified atom stereocenters. The summed E-state index contributed by atoms with van der Waals surface area (Å²) in [7, 11) is 0. The molecule has 2 aromatic carbocycles. The molecule has 22 heavy (non-hydrogen) atoms. The van der Waals surface area contributed by atoms with Crippen molar-refractivity contribution in [3.8, 4) is 11.5 Å². The highest BCUT2D eigenvalue weighted by Crippen LogP contribution is 2.39. The third-order valence-electron chi connectivity index (χ3n) is 3.08. The van der Waals surface area contributed by atoms with Crippen molar-refractivity contribution in [3.05, 3.63) is 50.4 Å². The second kappa shape index (κ2) is 6.77. The Balaban J connectivity index is 2.36. The van der Waals surface area contributed by atoms with Gasteiger partial charge in [0.25, 0.3) is 0 Å². The Morgan fingerprint density at radius 1 is 1.27 bits per heavy atom. The molecule has 1 atom stereocenters. The van der Waals surface area contributed by atoms with Crippen molar-refractivity contribution >= 4 is 50.8 Å². The Bertz CT molecular complexity index is 714. The molecule has 0 amide bonds. The molecule has 7 heteroatoms. The lowest BCUT2D eigenvalue weighted by Gasteiger charge is -2.14. The topological polar surface area (TPSA) is 72.5 Å². The fourth-order valence-corrected chi connectivity index (χ4v) is 2.70. The highest BCUT2D eigenvalue weighted by atomic mass is 79.9. The minimum absolute atomic E-state index is 0.239. The third-order valence-corrected chi connectivity index (χ3v) is 4.33. The van der Waals surface area contributed by atoms with E-state index in [1.54, 1.807) is 25.1 Å². The Morgan fingerprint density at radius 2 is 1.86 bits per heavy atom. The van der Waals surface area contributed by atoms with Gasteiger partial charge in [-0.05, 0) is 58.7 Å². The number of nitrogen functional groups attached to an aromatic ring is 1. The van der Waals surface area contributed by atoms with Crippen LogP contribution in [0.4, 0.5) is 5.69 Å². The van der Waals surface area contributed by atoms with E-state index in [1.165, 1.54) is 12.1 Å². The van der Waals surface area contributed by atoms with Crippen LogP contribution in [0, 0.1) is 0 Å². The minimum atomic E-state index is -0.955. The molecule has 2 aromatic rings. The monoisotopic (exact) mass is 403 g/mol. The predicted molar refractivity (Wildman–Crippen MR) is 91.1 cm³/mol. The second-order valence-electron chi connectivity index (χ2n) is 4.66. The average Bonchev–Trinajstić information content (AvgIpc) is 2.45. The molecular formula is C15H12BrCl2NO3. The van der Waals surface area contributed by atoms with Gasteiger partial charge in [-0.2, -0.15) is 0 Å². The standard InChI is InChI=1S/C15H12BrCl2NO3/c1-7(15(20)21)8-4-11(17)14(12(18)5-8)22-9-2-3-13(19)10(16)6-9/h2-7H,19H2,1H3,(H,20,21). The van der Waals surface area contributed by atoms with E-state index in [1.807, 2.05) is 0 Å². The molecule has 2 rings (SSSR count). The van der Waals surface area contributed by atoms with Crippen LogP contribution in [-0.4, -0.2) is 11.1 Å². The number of carboxylic acids is 1. The number of carbonyl (C=O) groups is 1. The van der Waals surface area contributed by atoms with Gasteiger partial charge in [0.05, 0.1) is 16.0 Å². The molecule has 0 saturated heterocycles. The van der Waals surface area contributed by atoms with Gasteiger partial charge in [-0.25, -0.2) is 0 Å². The van der Waals surface area contributed by atoms with Gasteiger partial charge in [-0.15, -0.1) is 0 Å². The smallest absolute Gasteiger partial charge is 0.310 e. The summed E-state index contributed by atoms with van der Waals surface area (Å²) in [6.45, 7) is 1.56. The van der Waals surface area contributed by atoms with E-state index >= 15 is 0 Å². The Morgan fingerprint density at radius 3 is 2.36 bits per heavy atom. The summed E-state index contributed by atoms with van der Waals surface area (Å²) in [5, 5.41) is 9.52. The number of rotatable bonds is 4. The van der Waals surface area contributed by atoms with E-state index in [2.05, 4.69) is 15.9 Å². The second-order valence-corrected chi connectivity index (χ2v) is 6.33. The van der Waals surface area contributed by atoms with Gasteiger partial charge in [-0.3, -0.25) is 4.79 Å². The molecule has 3 N–H and O–H groups in total. The lowest BCUT2D eigenvalue weighted by atomic mass is 10.0. The normalized spacial score (nSPS) is 12.0. The van der Waals surface area contributed by atoms with Crippen molar-refractivity contribution in [1.29, 1.82) is 0 Å². The highest BCUT2D eigenvalue weighted by Gasteiger charge is 2.18. The Hall–Kier alpha value is -1.43. The van der Waals surface area contributed by atoms with Crippen molar-refractivity contribution in [2.24, 2.45) is 0 Å². The van der Waals surface area contributed by atoms with Gasteiger partial charge < -0.3 is 15.6 Å². The molecule has 0 aliphatic carbocycles. The van der Waals surface area contributed by atoms with Crippen LogP contribution in [0.2, 0.25) is 10.0 Å². The molecule has 0 fully saturated rings. The maximum absolute atomic E-state index is 11.0. The van der Waals surface area contributed by atoms with Gasteiger partial charge in [0.15, 0.2) is 5.75 Å². The van der Waals surface area contributed by atoms with Crippen molar-refractivity contribution in [1.82, 2.24) is 0 Å². The molecule has 4 nitrogen and oxygen atoms in total. The van der Waals surface area contributed by atoms with Gasteiger partial charge in [-0.1, -0.05) is 23.2 Å². The van der Waals surface area contributed by atoms with Crippen molar-refractivity contribution in [3.63, 3.8) is 0 Å². The van der Waals surface area contributed by atoms with Crippen LogP contribution in [-0.2, 0) is 4.79 Å². The number of ether oxygens (including phenoxy) is 1. The first-order chi connectivity index (χ1) is 10.3. The van der Waals surface area contributed by atoms with E-state index in [0.29, 0.717) is 21.5 Å². The first-order valence-electron chi connectivity index (χ1n) is 6.24. The number of aliphatic carboxylic acids is 1. The van der Waals surface area contributed by atoms with E-state index in [-0.39, 0.29) is 15.8 Å². The van der Waals surface area contributed by atoms with Gasteiger partial charge >= 0.3 is 5.97 Å². The third kappa shape index (κ3) is 3.66. The van der Waals surface area contributed by atoms with Crippen molar-refractivity contribution in [2.45, 2.75) is 12.8 Å². The predicted octanol–water partition coefficient (Wildman–Crippen LogP) is 5.32. The number of nitrogens with two attached hydrogens (primary N) is 1. The molecule has 0 heterocycles. The number of hydrogen-bond acceptors (Lipinski definition) is 3. The maximum Gasteiger partial charge on any atom is 0.310 e. The molecule has 0 spiro atoms. The summed E-state index contributed by atoms with van der Waals surface area (Å²) in [5.74, 6) is -0.900. The largest absolute Gasteiger partial charge is 0.481 e. The average molecular weight is 405 g/mol. The first-order valence-corrected chi connectivity index (χ1v) is 7.79. The zero-order valence-electron chi connectivity index (χ0n) is 11.4. The molecule has 0 saturated carbocycles. The Labute approximate surface area is 145 Å². The molecular weight excluding hydrogens is 393 g/mol. The lowest BCUT2D eigenvalue weighted by molar-refractivity contribution is -0.138. The summed E-state index contributed by atoms with van der Waals surface area (Å²) in [5.41, 5.74) is 6.80. The summed E-state index contributed by atoms with van der Waals surface area (Å²) >= 11 is 15.6. The van der Waals surface area contributed by atoms with Crippen LogP contribution in [0.3, 0.4) is 0 Å². The van der Waals surface area contributed by atoms with Gasteiger partial charge in [0.1, 0.15) is 5.75 Å². The van der Waals surface area contributed by atoms with E-state index in [0.717, 1.165) is 0 Å². The van der Waals surface area contributed by atoms with Crippen LogP contribution in [0.1, 0.15) is 18.4 Å². The molecule has 0 radical (unpaired) electrons. The zero-order chi connectivity index (χ0) is 16.4. The summed E-state index contributed by atoms with van der Waals surface area (Å²) in [4.78, 5) is 11.0. The van der Waals surface area contributed by atoms with Gasteiger partial charge in [0.2, 0.25) is 0 Å². The first kappa shape index (κ1) is 16.9. The van der Waals surface area contributed by atoms with E-state index in [9.17, 15) is 4.79 Å². The van der Waals surface area contributed by atoms with Crippen molar-refractivity contribution in [2.75, 3.05) is 5.73 Å². The Kier molecular flexibility index (Phi) is 5.21. The molecule has 0 aliphatic rings. The summed E-state index contributed by atoms with van der Waals surface area (Å²) in [6, 6.07) is 8.13. The van der Waals surface area contributed by atoms with Gasteiger partial charge in [0, 0.05) is 10.2 Å². The quantitative estimate of drug-likeness (QED) is 0.676. The van der Waals surface area contributed by atoms with Crippen LogP contribution >= 0.6 is 39.1 Å². The zero-order valence-corrected chi connectivity index (χ0v) is 14.5. The van der Waals surface area contributed by atoms with Crippen LogP contribution in [0.25, 0.3) is 0 Å². The maximum atomic E-state index is 11.0. The van der Waals surface area contributed by atoms with E-state index in [4.69, 9.17) is 38.8 Å². The SMILES string of the molecule is CC(C(=O)O)c1cc(Cl)c(Oc2ccc(N)c(Br)c2)c(Cl)c1. The summed E-state index contributed by atoms with van der Waals surface area (Å²) in [6.07, 6.45) is 0. The molecule has 0 aromatic heterocycles. The molecule has 116 valence electrons. The number of carboxylic acid groups (broad SMARTS) is 1. The van der Waals surface area contributed by atoms with Crippen LogP contribution < -0.4 is 10.5 Å². The van der Waals surface area contributed by atoms with Crippen LogP contribution in [0.15, 0.2) is 34.8 Å². The number of hydrogen-bond donors (Lipinski definition) is 2. The molecule has 0 aliphatic heterocycles.